The fraction of sp³-hybridized carbons (Fsp3) is 0.600. The lowest BCUT2D eigenvalue weighted by atomic mass is 9.82. The van der Waals surface area contributed by atoms with Crippen LogP contribution in [0.15, 0.2) is 30.3 Å². The summed E-state index contributed by atoms with van der Waals surface area (Å²) in [5, 5.41) is 3.38. The van der Waals surface area contributed by atoms with E-state index in [9.17, 15) is 0 Å². The minimum atomic E-state index is 0.136. The molecule has 0 aromatic heterocycles. The van der Waals surface area contributed by atoms with Gasteiger partial charge in [-0.25, -0.2) is 0 Å². The molecule has 2 atom stereocenters. The molecule has 96 valence electrons. The van der Waals surface area contributed by atoms with Crippen LogP contribution in [-0.2, 0) is 11.2 Å². The molecule has 1 N–H and O–H groups in total. The molecule has 2 nitrogen and oxygen atoms in total. The van der Waals surface area contributed by atoms with Crippen molar-refractivity contribution < 1.29 is 4.74 Å². The molecular formula is C15H25NO. The van der Waals surface area contributed by atoms with Crippen LogP contribution in [0.3, 0.4) is 0 Å². The minimum Gasteiger partial charge on any atom is -0.379 e. The van der Waals surface area contributed by atoms with Crippen molar-refractivity contribution in [3.63, 3.8) is 0 Å². The van der Waals surface area contributed by atoms with E-state index in [0.29, 0.717) is 6.04 Å². The molecule has 1 rings (SSSR count). The van der Waals surface area contributed by atoms with Crippen molar-refractivity contribution in [3.8, 4) is 0 Å². The second-order valence-corrected chi connectivity index (χ2v) is 5.61. The molecule has 0 saturated carbocycles. The molecule has 0 amide bonds. The summed E-state index contributed by atoms with van der Waals surface area (Å²) in [6, 6.07) is 10.9. The highest BCUT2D eigenvalue weighted by molar-refractivity contribution is 5.16. The number of rotatable bonds is 5. The first kappa shape index (κ1) is 14.2. The summed E-state index contributed by atoms with van der Waals surface area (Å²) < 4.78 is 5.68. The van der Waals surface area contributed by atoms with Gasteiger partial charge in [0.1, 0.15) is 0 Å². The lowest BCUT2D eigenvalue weighted by Crippen LogP contribution is -2.47. The van der Waals surface area contributed by atoms with Gasteiger partial charge in [0.2, 0.25) is 0 Å². The fourth-order valence-corrected chi connectivity index (χ4v) is 2.35. The van der Waals surface area contributed by atoms with Gasteiger partial charge in [0.15, 0.2) is 0 Å². The third kappa shape index (κ3) is 4.14. The molecule has 1 aromatic carbocycles. The van der Waals surface area contributed by atoms with Crippen LogP contribution in [0.5, 0.6) is 0 Å². The highest BCUT2D eigenvalue weighted by Gasteiger charge is 2.31. The molecule has 0 radical (unpaired) electrons. The molecule has 0 aliphatic carbocycles. The zero-order valence-corrected chi connectivity index (χ0v) is 11.7. The van der Waals surface area contributed by atoms with E-state index in [1.807, 2.05) is 7.05 Å². The van der Waals surface area contributed by atoms with Gasteiger partial charge in [-0.1, -0.05) is 51.1 Å². The van der Waals surface area contributed by atoms with Gasteiger partial charge < -0.3 is 10.1 Å². The summed E-state index contributed by atoms with van der Waals surface area (Å²) >= 11 is 0. The molecule has 0 bridgehead atoms. The van der Waals surface area contributed by atoms with Gasteiger partial charge >= 0.3 is 0 Å². The first-order chi connectivity index (χ1) is 7.99. The third-order valence-electron chi connectivity index (χ3n) is 3.14. The van der Waals surface area contributed by atoms with Crippen molar-refractivity contribution in [1.29, 1.82) is 0 Å². The maximum atomic E-state index is 5.68. The van der Waals surface area contributed by atoms with Gasteiger partial charge in [-0.3, -0.25) is 0 Å². The summed E-state index contributed by atoms with van der Waals surface area (Å²) in [6.07, 6.45) is 1.19. The summed E-state index contributed by atoms with van der Waals surface area (Å²) in [6.45, 7) is 6.66. The fourth-order valence-electron chi connectivity index (χ4n) is 2.35. The lowest BCUT2D eigenvalue weighted by molar-refractivity contribution is -0.00921. The second-order valence-electron chi connectivity index (χ2n) is 5.61. The van der Waals surface area contributed by atoms with Crippen LogP contribution in [0.4, 0.5) is 0 Å². The normalized spacial score (nSPS) is 15.6. The van der Waals surface area contributed by atoms with E-state index in [4.69, 9.17) is 4.74 Å². The number of hydrogen-bond donors (Lipinski definition) is 1. The minimum absolute atomic E-state index is 0.136. The monoisotopic (exact) mass is 235 g/mol. The number of methoxy groups -OCH3 is 1. The van der Waals surface area contributed by atoms with Crippen LogP contribution < -0.4 is 5.32 Å². The molecular weight excluding hydrogens is 210 g/mol. The highest BCUT2D eigenvalue weighted by Crippen LogP contribution is 2.26. The van der Waals surface area contributed by atoms with E-state index in [2.05, 4.69) is 56.4 Å². The summed E-state index contributed by atoms with van der Waals surface area (Å²) in [4.78, 5) is 0. The zero-order valence-electron chi connectivity index (χ0n) is 11.7. The Morgan fingerprint density at radius 3 is 2.18 bits per heavy atom. The first-order valence-corrected chi connectivity index (χ1v) is 6.23. The first-order valence-electron chi connectivity index (χ1n) is 6.23. The molecule has 0 aliphatic heterocycles. The molecule has 1 aromatic rings. The van der Waals surface area contributed by atoms with E-state index >= 15 is 0 Å². The predicted octanol–water partition coefficient (Wildman–Crippen LogP) is 2.88. The molecule has 2 heteroatoms. The topological polar surface area (TPSA) is 21.3 Å². The summed E-state index contributed by atoms with van der Waals surface area (Å²) in [5.41, 5.74) is 1.48. The SMILES string of the molecule is CNC(Cc1ccccc1)C(OC)C(C)(C)C. The Balaban J connectivity index is 2.77. The van der Waals surface area contributed by atoms with Gasteiger partial charge in [-0.2, -0.15) is 0 Å². The van der Waals surface area contributed by atoms with Gasteiger partial charge in [-0.05, 0) is 24.4 Å². The van der Waals surface area contributed by atoms with Crippen molar-refractivity contribution in [3.05, 3.63) is 35.9 Å². The second kappa shape index (κ2) is 6.18. The van der Waals surface area contributed by atoms with Gasteiger partial charge in [0.25, 0.3) is 0 Å². The van der Waals surface area contributed by atoms with Crippen molar-refractivity contribution in [2.24, 2.45) is 5.41 Å². The van der Waals surface area contributed by atoms with Gasteiger partial charge in [-0.15, -0.1) is 0 Å². The molecule has 0 fully saturated rings. The Labute approximate surface area is 105 Å². The number of hydrogen-bond acceptors (Lipinski definition) is 2. The van der Waals surface area contributed by atoms with E-state index in [1.54, 1.807) is 7.11 Å². The summed E-state index contributed by atoms with van der Waals surface area (Å²) in [7, 11) is 3.80. The maximum absolute atomic E-state index is 5.68. The Kier molecular flexibility index (Phi) is 5.16. The van der Waals surface area contributed by atoms with Crippen molar-refractivity contribution in [1.82, 2.24) is 5.32 Å². The Bertz CT molecular complexity index is 315. The lowest BCUT2D eigenvalue weighted by Gasteiger charge is -2.36. The standard InChI is InChI=1S/C15H25NO/c1-15(2,3)14(17-5)13(16-4)11-12-9-7-6-8-10-12/h6-10,13-14,16H,11H2,1-5H3. The molecule has 0 spiro atoms. The molecule has 0 aliphatic rings. The van der Waals surface area contributed by atoms with E-state index in [-0.39, 0.29) is 11.5 Å². The third-order valence-corrected chi connectivity index (χ3v) is 3.14. The Morgan fingerprint density at radius 1 is 1.18 bits per heavy atom. The van der Waals surface area contributed by atoms with Crippen LogP contribution in [0, 0.1) is 5.41 Å². The quantitative estimate of drug-likeness (QED) is 0.847. The van der Waals surface area contributed by atoms with Gasteiger partial charge in [0, 0.05) is 13.2 Å². The molecule has 2 unspecified atom stereocenters. The van der Waals surface area contributed by atoms with Crippen LogP contribution in [-0.4, -0.2) is 26.3 Å². The van der Waals surface area contributed by atoms with Crippen LogP contribution >= 0.6 is 0 Å². The van der Waals surface area contributed by atoms with E-state index < -0.39 is 0 Å². The predicted molar refractivity (Wildman–Crippen MR) is 73.2 cm³/mol. The maximum Gasteiger partial charge on any atom is 0.0775 e. The molecule has 0 saturated heterocycles. The number of ether oxygens (including phenoxy) is 1. The largest absolute Gasteiger partial charge is 0.379 e. The van der Waals surface area contributed by atoms with Crippen LogP contribution in [0.1, 0.15) is 26.3 Å². The average Bonchev–Trinajstić information content (AvgIpc) is 2.28. The Hall–Kier alpha value is -0.860. The average molecular weight is 235 g/mol. The Morgan fingerprint density at radius 2 is 1.76 bits per heavy atom. The number of nitrogens with one attached hydrogen (secondary N) is 1. The van der Waals surface area contributed by atoms with Crippen molar-refractivity contribution >= 4 is 0 Å². The molecule has 0 heterocycles. The molecule has 17 heavy (non-hydrogen) atoms. The van der Waals surface area contributed by atoms with E-state index in [0.717, 1.165) is 6.42 Å². The number of benzene rings is 1. The van der Waals surface area contributed by atoms with Crippen molar-refractivity contribution in [2.45, 2.75) is 39.3 Å². The van der Waals surface area contributed by atoms with Crippen LogP contribution in [0.2, 0.25) is 0 Å². The summed E-state index contributed by atoms with van der Waals surface area (Å²) in [5.74, 6) is 0. The van der Waals surface area contributed by atoms with Crippen LogP contribution in [0.25, 0.3) is 0 Å². The van der Waals surface area contributed by atoms with Gasteiger partial charge in [0.05, 0.1) is 6.10 Å². The van der Waals surface area contributed by atoms with Crippen molar-refractivity contribution in [2.75, 3.05) is 14.2 Å². The number of likely N-dealkylation sites (N-methyl/N-ethyl adjacent to an activating group) is 1. The zero-order chi connectivity index (χ0) is 12.9. The van der Waals surface area contributed by atoms with E-state index in [1.165, 1.54) is 5.56 Å². The highest BCUT2D eigenvalue weighted by atomic mass is 16.5. The smallest absolute Gasteiger partial charge is 0.0775 e.